The van der Waals surface area contributed by atoms with Crippen LogP contribution in [0.25, 0.3) is 27.8 Å². The second-order valence-corrected chi connectivity index (χ2v) is 6.69. The van der Waals surface area contributed by atoms with Gasteiger partial charge in [0, 0.05) is 35.2 Å². The normalized spacial score (nSPS) is 12.1. The Kier molecular flexibility index (Phi) is 4.40. The number of H-pyrrole nitrogens is 1. The highest BCUT2D eigenvalue weighted by Gasteiger charge is 2.31. The second-order valence-electron chi connectivity index (χ2n) is 6.69. The minimum atomic E-state index is -4.78. The maximum absolute atomic E-state index is 12.8. The number of ether oxygens (including phenoxy) is 1. The molecule has 0 radical (unpaired) electrons. The van der Waals surface area contributed by atoms with E-state index in [9.17, 15) is 18.0 Å². The predicted molar refractivity (Wildman–Crippen MR) is 100.0 cm³/mol. The van der Waals surface area contributed by atoms with Crippen LogP contribution >= 0.6 is 0 Å². The van der Waals surface area contributed by atoms with Crippen molar-refractivity contribution in [1.29, 1.82) is 0 Å². The highest BCUT2D eigenvalue weighted by Crippen LogP contribution is 2.27. The Morgan fingerprint density at radius 1 is 1.14 bits per heavy atom. The second kappa shape index (κ2) is 6.80. The van der Waals surface area contributed by atoms with E-state index in [0.29, 0.717) is 16.8 Å². The van der Waals surface area contributed by atoms with Gasteiger partial charge in [-0.1, -0.05) is 0 Å². The Balaban J connectivity index is 1.83. The summed E-state index contributed by atoms with van der Waals surface area (Å²) >= 11 is 0. The summed E-state index contributed by atoms with van der Waals surface area (Å²) in [5, 5.41) is 4.33. The minimum Gasteiger partial charge on any atom is -0.406 e. The number of benzene rings is 1. The quantitative estimate of drug-likeness (QED) is 0.558. The van der Waals surface area contributed by atoms with E-state index in [-0.39, 0.29) is 17.3 Å². The maximum Gasteiger partial charge on any atom is 0.573 e. The Hall–Kier alpha value is -3.56. The van der Waals surface area contributed by atoms with E-state index in [0.717, 1.165) is 17.7 Å². The molecule has 150 valence electrons. The average Bonchev–Trinajstić information content (AvgIpc) is 3.32. The molecule has 0 aliphatic heterocycles. The van der Waals surface area contributed by atoms with Gasteiger partial charge in [-0.15, -0.1) is 13.2 Å². The summed E-state index contributed by atoms with van der Waals surface area (Å²) in [4.78, 5) is 19.9. The standard InChI is InChI=1S/C19H16F3N5O2/c1-11(2)27-8-12(7-25-27)15-9-26(18(28)17-16(15)23-10-24-17)13-3-5-14(6-4-13)29-19(20,21)22/h3-11H,1-2H3,(H,23,24). The van der Waals surface area contributed by atoms with Gasteiger partial charge in [0.05, 0.1) is 18.0 Å². The zero-order valence-electron chi connectivity index (χ0n) is 15.4. The van der Waals surface area contributed by atoms with Crippen molar-refractivity contribution < 1.29 is 17.9 Å². The lowest BCUT2D eigenvalue weighted by Crippen LogP contribution is -2.19. The Bertz CT molecular complexity index is 1220. The Labute approximate surface area is 162 Å². The van der Waals surface area contributed by atoms with Crippen molar-refractivity contribution >= 4 is 11.0 Å². The first kappa shape index (κ1) is 18.8. The molecule has 4 aromatic rings. The molecule has 29 heavy (non-hydrogen) atoms. The number of fused-ring (bicyclic) bond motifs is 1. The molecule has 0 amide bonds. The molecule has 0 aliphatic carbocycles. The summed E-state index contributed by atoms with van der Waals surface area (Å²) in [6, 6.07) is 5.22. The van der Waals surface area contributed by atoms with Gasteiger partial charge >= 0.3 is 6.36 Å². The van der Waals surface area contributed by atoms with E-state index >= 15 is 0 Å². The molecule has 0 spiro atoms. The highest BCUT2D eigenvalue weighted by molar-refractivity contribution is 5.90. The number of hydrogen-bond acceptors (Lipinski definition) is 4. The van der Waals surface area contributed by atoms with Crippen LogP contribution in [0.3, 0.4) is 0 Å². The van der Waals surface area contributed by atoms with Crippen LogP contribution in [0.15, 0.2) is 54.0 Å². The lowest BCUT2D eigenvalue weighted by molar-refractivity contribution is -0.274. The first-order valence-electron chi connectivity index (χ1n) is 8.72. The van der Waals surface area contributed by atoms with Crippen molar-refractivity contribution in [2.45, 2.75) is 26.3 Å². The van der Waals surface area contributed by atoms with E-state index in [2.05, 4.69) is 19.8 Å². The van der Waals surface area contributed by atoms with E-state index in [4.69, 9.17) is 0 Å². The highest BCUT2D eigenvalue weighted by atomic mass is 19.4. The van der Waals surface area contributed by atoms with Crippen molar-refractivity contribution in [3.8, 4) is 22.6 Å². The fourth-order valence-corrected chi connectivity index (χ4v) is 3.01. The number of rotatable bonds is 4. The topological polar surface area (TPSA) is 77.7 Å². The number of aromatic amines is 1. The molecule has 3 heterocycles. The number of imidazole rings is 1. The van der Waals surface area contributed by atoms with Gasteiger partial charge < -0.3 is 9.72 Å². The fourth-order valence-electron chi connectivity index (χ4n) is 3.01. The average molecular weight is 403 g/mol. The fraction of sp³-hybridized carbons (Fsp3) is 0.211. The van der Waals surface area contributed by atoms with Gasteiger partial charge in [0.2, 0.25) is 0 Å². The number of hydrogen-bond donors (Lipinski definition) is 1. The molecule has 10 heteroatoms. The molecule has 0 saturated carbocycles. The van der Waals surface area contributed by atoms with Gasteiger partial charge in [0.25, 0.3) is 5.56 Å². The van der Waals surface area contributed by atoms with Crippen LogP contribution in [-0.2, 0) is 0 Å². The van der Waals surface area contributed by atoms with E-state index in [1.807, 2.05) is 20.0 Å². The van der Waals surface area contributed by atoms with Gasteiger partial charge in [-0.05, 0) is 38.1 Å². The first-order chi connectivity index (χ1) is 13.7. The molecule has 0 saturated heterocycles. The van der Waals surface area contributed by atoms with Crippen LogP contribution < -0.4 is 10.3 Å². The Morgan fingerprint density at radius 2 is 1.86 bits per heavy atom. The number of alkyl halides is 3. The van der Waals surface area contributed by atoms with E-state index in [1.165, 1.54) is 23.0 Å². The summed E-state index contributed by atoms with van der Waals surface area (Å²) in [5.74, 6) is -0.367. The molecule has 0 atom stereocenters. The van der Waals surface area contributed by atoms with Crippen molar-refractivity contribution in [2.75, 3.05) is 0 Å². The third-order valence-electron chi connectivity index (χ3n) is 4.38. The lowest BCUT2D eigenvalue weighted by atomic mass is 10.1. The van der Waals surface area contributed by atoms with E-state index < -0.39 is 11.9 Å². The number of pyridine rings is 1. The summed E-state index contributed by atoms with van der Waals surface area (Å²) in [7, 11) is 0. The Morgan fingerprint density at radius 3 is 2.48 bits per heavy atom. The summed E-state index contributed by atoms with van der Waals surface area (Å²) in [5.41, 5.74) is 2.23. The molecule has 7 nitrogen and oxygen atoms in total. The molecule has 0 fully saturated rings. The van der Waals surface area contributed by atoms with Crippen molar-refractivity contribution in [1.82, 2.24) is 24.3 Å². The van der Waals surface area contributed by atoms with Crippen molar-refractivity contribution in [3.63, 3.8) is 0 Å². The van der Waals surface area contributed by atoms with Crippen LogP contribution in [0.1, 0.15) is 19.9 Å². The van der Waals surface area contributed by atoms with Crippen LogP contribution in [0.5, 0.6) is 5.75 Å². The molecule has 3 aromatic heterocycles. The smallest absolute Gasteiger partial charge is 0.406 e. The predicted octanol–water partition coefficient (Wildman–Crippen LogP) is 4.06. The lowest BCUT2D eigenvalue weighted by Gasteiger charge is -2.11. The molecule has 1 aromatic carbocycles. The SMILES string of the molecule is CC(C)n1cc(-c2cn(-c3ccc(OC(F)(F)F)cc3)c(=O)c3nc[nH]c23)cn1. The van der Waals surface area contributed by atoms with Crippen molar-refractivity contribution in [3.05, 3.63) is 59.5 Å². The zero-order valence-corrected chi connectivity index (χ0v) is 15.4. The molecular formula is C19H16F3N5O2. The molecular weight excluding hydrogens is 387 g/mol. The third-order valence-corrected chi connectivity index (χ3v) is 4.38. The van der Waals surface area contributed by atoms with Crippen LogP contribution in [0.4, 0.5) is 13.2 Å². The van der Waals surface area contributed by atoms with Crippen LogP contribution in [0.2, 0.25) is 0 Å². The monoisotopic (exact) mass is 403 g/mol. The number of halogens is 3. The summed E-state index contributed by atoms with van der Waals surface area (Å²) in [6.07, 6.45) is 1.80. The molecule has 0 unspecified atom stereocenters. The molecule has 0 aliphatic rings. The number of nitrogens with one attached hydrogen (secondary N) is 1. The van der Waals surface area contributed by atoms with E-state index in [1.54, 1.807) is 17.1 Å². The number of aromatic nitrogens is 5. The molecule has 4 rings (SSSR count). The largest absolute Gasteiger partial charge is 0.573 e. The van der Waals surface area contributed by atoms with Crippen molar-refractivity contribution in [2.24, 2.45) is 0 Å². The van der Waals surface area contributed by atoms with Gasteiger partial charge in [-0.25, -0.2) is 4.98 Å². The third kappa shape index (κ3) is 3.60. The maximum atomic E-state index is 12.8. The summed E-state index contributed by atoms with van der Waals surface area (Å²) < 4.78 is 44.1. The van der Waals surface area contributed by atoms with Crippen LogP contribution in [0, 0.1) is 0 Å². The molecule has 0 bridgehead atoms. The first-order valence-corrected chi connectivity index (χ1v) is 8.72. The van der Waals surface area contributed by atoms with Crippen LogP contribution in [-0.4, -0.2) is 30.7 Å². The number of nitrogens with zero attached hydrogens (tertiary/aromatic N) is 4. The van der Waals surface area contributed by atoms with Gasteiger partial charge in [-0.3, -0.25) is 14.0 Å². The summed E-state index contributed by atoms with van der Waals surface area (Å²) in [6.45, 7) is 3.99. The van der Waals surface area contributed by atoms with Gasteiger partial charge in [0.1, 0.15) is 5.75 Å². The van der Waals surface area contributed by atoms with Gasteiger partial charge in [-0.2, -0.15) is 5.10 Å². The van der Waals surface area contributed by atoms with Gasteiger partial charge in [0.15, 0.2) is 5.52 Å². The minimum absolute atomic E-state index is 0.160. The zero-order chi connectivity index (χ0) is 20.8. The molecule has 1 N–H and O–H groups in total.